The smallest absolute Gasteiger partial charge is 0.208 e. The SMILES string of the molecule is O=S(=O)(NC1CCN(S(=O)(=O)/C=C/c2ccc(Cl)cc2)CC1)c1cccs1. The van der Waals surface area contributed by atoms with Crippen molar-refractivity contribution in [3.8, 4) is 0 Å². The minimum absolute atomic E-state index is 0.267. The van der Waals surface area contributed by atoms with Gasteiger partial charge in [-0.05, 0) is 48.1 Å². The molecule has 0 saturated carbocycles. The van der Waals surface area contributed by atoms with Crippen LogP contribution in [-0.4, -0.2) is 40.3 Å². The summed E-state index contributed by atoms with van der Waals surface area (Å²) in [4.78, 5) is 0. The summed E-state index contributed by atoms with van der Waals surface area (Å²) in [5.74, 6) is 0. The first-order valence-corrected chi connectivity index (χ1v) is 12.5. The van der Waals surface area contributed by atoms with E-state index in [9.17, 15) is 16.8 Å². The molecule has 2 heterocycles. The predicted octanol–water partition coefficient (Wildman–Crippen LogP) is 3.14. The zero-order chi connectivity index (χ0) is 19.5. The van der Waals surface area contributed by atoms with Crippen molar-refractivity contribution in [2.75, 3.05) is 13.1 Å². The molecule has 6 nitrogen and oxygen atoms in total. The average molecular weight is 447 g/mol. The zero-order valence-electron chi connectivity index (χ0n) is 14.3. The van der Waals surface area contributed by atoms with Gasteiger partial charge in [0.15, 0.2) is 0 Å². The van der Waals surface area contributed by atoms with Crippen LogP contribution in [0.4, 0.5) is 0 Å². The van der Waals surface area contributed by atoms with E-state index >= 15 is 0 Å². The second-order valence-corrected chi connectivity index (χ2v) is 11.3. The monoisotopic (exact) mass is 446 g/mol. The van der Waals surface area contributed by atoms with Crippen LogP contribution in [0.1, 0.15) is 18.4 Å². The van der Waals surface area contributed by atoms with Gasteiger partial charge in [-0.15, -0.1) is 11.3 Å². The maximum Gasteiger partial charge on any atom is 0.250 e. The molecule has 3 rings (SSSR count). The normalized spacial score (nSPS) is 17.5. The third-order valence-corrected chi connectivity index (χ3v) is 8.93. The van der Waals surface area contributed by atoms with Gasteiger partial charge in [0.1, 0.15) is 4.21 Å². The molecule has 0 atom stereocenters. The minimum Gasteiger partial charge on any atom is -0.208 e. The summed E-state index contributed by atoms with van der Waals surface area (Å²) in [6, 6.07) is 9.82. The van der Waals surface area contributed by atoms with Crippen molar-refractivity contribution >= 4 is 49.1 Å². The Morgan fingerprint density at radius 3 is 2.33 bits per heavy atom. The number of thiophene rings is 1. The molecule has 1 aromatic carbocycles. The van der Waals surface area contributed by atoms with E-state index in [1.165, 1.54) is 15.8 Å². The molecular formula is C17H19ClN2O4S3. The van der Waals surface area contributed by atoms with Gasteiger partial charge in [0.25, 0.3) is 0 Å². The number of hydrogen-bond donors (Lipinski definition) is 1. The number of nitrogens with one attached hydrogen (secondary N) is 1. The second kappa shape index (κ2) is 8.42. The highest BCUT2D eigenvalue weighted by atomic mass is 35.5. The van der Waals surface area contributed by atoms with Crippen LogP contribution in [-0.2, 0) is 20.0 Å². The Morgan fingerprint density at radius 1 is 1.07 bits per heavy atom. The topological polar surface area (TPSA) is 83.6 Å². The van der Waals surface area contributed by atoms with Crippen molar-refractivity contribution in [2.45, 2.75) is 23.1 Å². The maximum absolute atomic E-state index is 12.5. The van der Waals surface area contributed by atoms with Crippen molar-refractivity contribution in [1.29, 1.82) is 0 Å². The molecule has 2 aromatic rings. The van der Waals surface area contributed by atoms with Crippen LogP contribution in [0.5, 0.6) is 0 Å². The maximum atomic E-state index is 12.5. The Balaban J connectivity index is 1.58. The van der Waals surface area contributed by atoms with Crippen molar-refractivity contribution in [2.24, 2.45) is 0 Å². The first-order valence-electron chi connectivity index (χ1n) is 8.26. The summed E-state index contributed by atoms with van der Waals surface area (Å²) in [6.07, 6.45) is 2.38. The fraction of sp³-hybridized carbons (Fsp3) is 0.294. The van der Waals surface area contributed by atoms with Gasteiger partial charge in [-0.1, -0.05) is 29.8 Å². The molecule has 1 saturated heterocycles. The average Bonchev–Trinajstić information content (AvgIpc) is 3.17. The summed E-state index contributed by atoms with van der Waals surface area (Å²) < 4.78 is 53.8. The van der Waals surface area contributed by atoms with E-state index in [1.807, 2.05) is 0 Å². The summed E-state index contributed by atoms with van der Waals surface area (Å²) in [6.45, 7) is 0.538. The van der Waals surface area contributed by atoms with Crippen LogP contribution >= 0.6 is 22.9 Å². The number of rotatable bonds is 6. The standard InChI is InChI=1S/C17H19ClN2O4S3/c18-15-5-3-14(4-6-15)9-13-26(21,22)20-10-7-16(8-11-20)19-27(23,24)17-2-1-12-25-17/h1-6,9,12-13,16,19H,7-8,10-11H2/b13-9+. The summed E-state index contributed by atoms with van der Waals surface area (Å²) in [7, 11) is -7.10. The number of nitrogens with zero attached hydrogens (tertiary/aromatic N) is 1. The molecule has 1 aliphatic rings. The fourth-order valence-corrected chi connectivity index (χ4v) is 6.41. The van der Waals surface area contributed by atoms with Crippen LogP contribution in [0.3, 0.4) is 0 Å². The summed E-state index contributed by atoms with van der Waals surface area (Å²) >= 11 is 6.97. The quantitative estimate of drug-likeness (QED) is 0.738. The second-order valence-electron chi connectivity index (χ2n) is 6.13. The molecule has 146 valence electrons. The molecule has 0 spiro atoms. The lowest BCUT2D eigenvalue weighted by molar-refractivity contribution is 0.311. The first-order chi connectivity index (χ1) is 12.8. The van der Waals surface area contributed by atoms with Gasteiger partial charge < -0.3 is 0 Å². The minimum atomic E-state index is -3.56. The molecule has 1 aromatic heterocycles. The van der Waals surface area contributed by atoms with Gasteiger partial charge in [-0.2, -0.15) is 4.31 Å². The van der Waals surface area contributed by atoms with Gasteiger partial charge in [0.05, 0.1) is 0 Å². The van der Waals surface area contributed by atoms with Crippen molar-refractivity contribution in [3.05, 3.63) is 57.8 Å². The van der Waals surface area contributed by atoms with Gasteiger partial charge in [0.2, 0.25) is 20.0 Å². The van der Waals surface area contributed by atoms with Crippen LogP contribution in [0.15, 0.2) is 51.4 Å². The van der Waals surface area contributed by atoms with E-state index in [2.05, 4.69) is 4.72 Å². The molecule has 10 heteroatoms. The van der Waals surface area contributed by atoms with Crippen LogP contribution in [0.25, 0.3) is 6.08 Å². The Labute approximate surface area is 168 Å². The molecule has 1 N–H and O–H groups in total. The van der Waals surface area contributed by atoms with Crippen molar-refractivity contribution < 1.29 is 16.8 Å². The van der Waals surface area contributed by atoms with E-state index in [0.717, 1.165) is 16.9 Å². The number of halogens is 1. The zero-order valence-corrected chi connectivity index (χ0v) is 17.5. The first kappa shape index (κ1) is 20.5. The number of benzene rings is 1. The Bertz CT molecular complexity index is 993. The lowest BCUT2D eigenvalue weighted by Crippen LogP contribution is -2.45. The Hall–Kier alpha value is -1.23. The van der Waals surface area contributed by atoms with Gasteiger partial charge in [-0.3, -0.25) is 0 Å². The lowest BCUT2D eigenvalue weighted by atomic mass is 10.1. The van der Waals surface area contributed by atoms with E-state index in [1.54, 1.807) is 41.8 Å². The predicted molar refractivity (Wildman–Crippen MR) is 109 cm³/mol. The Morgan fingerprint density at radius 2 is 1.74 bits per heavy atom. The van der Waals surface area contributed by atoms with Crippen molar-refractivity contribution in [3.63, 3.8) is 0 Å². The summed E-state index contributed by atoms with van der Waals surface area (Å²) in [5, 5.41) is 3.46. The molecular weight excluding hydrogens is 428 g/mol. The molecule has 1 aliphatic heterocycles. The molecule has 0 amide bonds. The van der Waals surface area contributed by atoms with Crippen LogP contribution < -0.4 is 4.72 Å². The van der Waals surface area contributed by atoms with E-state index in [4.69, 9.17) is 11.6 Å². The molecule has 1 fully saturated rings. The molecule has 0 bridgehead atoms. The van der Waals surface area contributed by atoms with Crippen molar-refractivity contribution in [1.82, 2.24) is 9.03 Å². The van der Waals surface area contributed by atoms with Crippen LogP contribution in [0.2, 0.25) is 5.02 Å². The number of sulfonamides is 2. The largest absolute Gasteiger partial charge is 0.250 e. The number of hydrogen-bond acceptors (Lipinski definition) is 5. The number of piperidine rings is 1. The highest BCUT2D eigenvalue weighted by Crippen LogP contribution is 2.21. The van der Waals surface area contributed by atoms with E-state index in [-0.39, 0.29) is 23.3 Å². The van der Waals surface area contributed by atoms with E-state index in [0.29, 0.717) is 17.9 Å². The summed E-state index contributed by atoms with van der Waals surface area (Å²) in [5.41, 5.74) is 0.738. The molecule has 27 heavy (non-hydrogen) atoms. The fourth-order valence-electron chi connectivity index (χ4n) is 2.75. The Kier molecular flexibility index (Phi) is 6.39. The molecule has 0 radical (unpaired) electrons. The lowest BCUT2D eigenvalue weighted by Gasteiger charge is -2.30. The van der Waals surface area contributed by atoms with Gasteiger partial charge >= 0.3 is 0 Å². The third-order valence-electron chi connectivity index (χ3n) is 4.20. The highest BCUT2D eigenvalue weighted by Gasteiger charge is 2.29. The highest BCUT2D eigenvalue weighted by molar-refractivity contribution is 7.92. The van der Waals surface area contributed by atoms with Gasteiger partial charge in [0, 0.05) is 29.6 Å². The molecule has 0 unspecified atom stereocenters. The van der Waals surface area contributed by atoms with Gasteiger partial charge in [-0.25, -0.2) is 21.6 Å². The third kappa shape index (κ3) is 5.40. The molecule has 0 aliphatic carbocycles. The van der Waals surface area contributed by atoms with Crippen LogP contribution in [0, 0.1) is 0 Å². The van der Waals surface area contributed by atoms with E-state index < -0.39 is 20.0 Å².